The largest absolute Gasteiger partial charge is 0.481 e. The van der Waals surface area contributed by atoms with Crippen LogP contribution in [-0.2, 0) is 16.3 Å². The molecule has 0 aromatic carbocycles. The van der Waals surface area contributed by atoms with Crippen LogP contribution in [0.5, 0.6) is 5.88 Å². The zero-order valence-electron chi connectivity index (χ0n) is 22.7. The fourth-order valence-corrected chi connectivity index (χ4v) is 5.02. The number of Topliss-reactive ketones (excluding diaryl/α,β-unsaturated/α-hetero) is 1. The molecule has 0 radical (unpaired) electrons. The van der Waals surface area contributed by atoms with Gasteiger partial charge in [-0.05, 0) is 37.2 Å². The smallest absolute Gasteiger partial charge is 0.222 e. The quantitative estimate of drug-likeness (QED) is 0.160. The first-order valence-electron chi connectivity index (χ1n) is 12.4. The number of amides is 1. The number of nitrogens with zero attached hydrogens (tertiary/aromatic N) is 4. The van der Waals surface area contributed by atoms with E-state index in [1.807, 2.05) is 22.8 Å². The summed E-state index contributed by atoms with van der Waals surface area (Å²) in [6.45, 7) is 10.7. The van der Waals surface area contributed by atoms with E-state index in [9.17, 15) is 9.59 Å². The number of carbonyl (C=O) groups is 2. The summed E-state index contributed by atoms with van der Waals surface area (Å²) >= 11 is 0. The molecule has 4 aromatic rings. The molecule has 38 heavy (non-hydrogen) atoms. The normalized spacial score (nSPS) is 11.5. The first-order chi connectivity index (χ1) is 18.1. The van der Waals surface area contributed by atoms with Crippen molar-refractivity contribution in [1.29, 1.82) is 0 Å². The fraction of sp³-hybridized carbons (Fsp3) is 0.321. The monoisotopic (exact) mass is 531 g/mol. The third kappa shape index (κ3) is 5.98. The summed E-state index contributed by atoms with van der Waals surface area (Å²) in [4.78, 5) is 38.0. The van der Waals surface area contributed by atoms with Gasteiger partial charge in [0.1, 0.15) is 12.5 Å². The van der Waals surface area contributed by atoms with Crippen LogP contribution in [0.15, 0.2) is 48.9 Å². The number of aromatic nitrogens is 4. The van der Waals surface area contributed by atoms with Crippen LogP contribution in [-0.4, -0.2) is 53.0 Å². The van der Waals surface area contributed by atoms with E-state index in [0.29, 0.717) is 34.9 Å². The minimum atomic E-state index is -1.30. The van der Waals surface area contributed by atoms with Gasteiger partial charge in [0, 0.05) is 68.5 Å². The van der Waals surface area contributed by atoms with Gasteiger partial charge in [-0.2, -0.15) is 0 Å². The van der Waals surface area contributed by atoms with E-state index >= 15 is 0 Å². The second-order valence-corrected chi connectivity index (χ2v) is 15.9. The van der Waals surface area contributed by atoms with Crippen molar-refractivity contribution in [2.45, 2.75) is 46.3 Å². The van der Waals surface area contributed by atoms with Gasteiger partial charge in [0.25, 0.3) is 0 Å². The van der Waals surface area contributed by atoms with Gasteiger partial charge in [0.05, 0.1) is 23.8 Å². The summed E-state index contributed by atoms with van der Waals surface area (Å²) < 4.78 is 13.5. The van der Waals surface area contributed by atoms with Crippen LogP contribution in [0.2, 0.25) is 25.7 Å². The highest BCUT2D eigenvalue weighted by molar-refractivity contribution is 6.76. The van der Waals surface area contributed by atoms with Crippen molar-refractivity contribution in [1.82, 2.24) is 19.5 Å². The van der Waals surface area contributed by atoms with Crippen LogP contribution in [0.4, 0.5) is 5.82 Å². The number of ketones is 1. The molecule has 10 heteroatoms. The molecule has 198 valence electrons. The van der Waals surface area contributed by atoms with E-state index in [-0.39, 0.29) is 18.4 Å². The summed E-state index contributed by atoms with van der Waals surface area (Å²) in [7, 11) is 0.263. The minimum absolute atomic E-state index is 0.0714. The van der Waals surface area contributed by atoms with Crippen molar-refractivity contribution in [2.75, 3.05) is 19.0 Å². The summed E-state index contributed by atoms with van der Waals surface area (Å²) in [5.74, 6) is 0.621. The maximum atomic E-state index is 12.8. The molecule has 0 saturated carbocycles. The van der Waals surface area contributed by atoms with Gasteiger partial charge in [-0.15, -0.1) is 0 Å². The Morgan fingerprint density at radius 2 is 1.76 bits per heavy atom. The molecule has 0 aliphatic heterocycles. The Kier molecular flexibility index (Phi) is 8.03. The van der Waals surface area contributed by atoms with Crippen LogP contribution in [0.25, 0.3) is 33.4 Å². The molecule has 4 heterocycles. The fourth-order valence-electron chi connectivity index (χ4n) is 4.27. The maximum absolute atomic E-state index is 12.8. The van der Waals surface area contributed by atoms with Gasteiger partial charge in [-0.25, -0.2) is 9.97 Å². The number of hydrogen-bond donors (Lipinski definition) is 1. The van der Waals surface area contributed by atoms with E-state index in [4.69, 9.17) is 14.5 Å². The molecule has 0 spiro atoms. The first-order valence-corrected chi connectivity index (χ1v) is 16.1. The highest BCUT2D eigenvalue weighted by Crippen LogP contribution is 2.41. The van der Waals surface area contributed by atoms with Crippen LogP contribution in [0.3, 0.4) is 0 Å². The van der Waals surface area contributed by atoms with Gasteiger partial charge in [0.15, 0.2) is 5.78 Å². The average Bonchev–Trinajstić information content (AvgIpc) is 3.20. The number of anilines is 1. The Morgan fingerprint density at radius 1 is 1.00 bits per heavy atom. The number of ether oxygens (including phenoxy) is 2. The lowest BCUT2D eigenvalue weighted by molar-refractivity contribution is -0.114. The number of nitrogens with one attached hydrogen (secondary N) is 1. The van der Waals surface area contributed by atoms with Gasteiger partial charge < -0.3 is 19.4 Å². The van der Waals surface area contributed by atoms with Crippen molar-refractivity contribution < 1.29 is 19.1 Å². The molecule has 0 atom stereocenters. The topological polar surface area (TPSA) is 108 Å². The summed E-state index contributed by atoms with van der Waals surface area (Å²) in [5, 5.41) is 2.76. The van der Waals surface area contributed by atoms with Gasteiger partial charge >= 0.3 is 0 Å². The Hall–Kier alpha value is -3.89. The summed E-state index contributed by atoms with van der Waals surface area (Å²) in [6, 6.07) is 10.1. The van der Waals surface area contributed by atoms with Crippen LogP contribution < -0.4 is 10.1 Å². The van der Waals surface area contributed by atoms with Crippen molar-refractivity contribution in [3.05, 3.63) is 54.5 Å². The van der Waals surface area contributed by atoms with Crippen molar-refractivity contribution in [3.63, 3.8) is 0 Å². The van der Waals surface area contributed by atoms with Gasteiger partial charge in [-0.3, -0.25) is 14.6 Å². The van der Waals surface area contributed by atoms with E-state index in [2.05, 4.69) is 34.9 Å². The van der Waals surface area contributed by atoms with Gasteiger partial charge in [-0.1, -0.05) is 19.6 Å². The maximum Gasteiger partial charge on any atom is 0.222 e. The van der Waals surface area contributed by atoms with E-state index in [1.54, 1.807) is 44.8 Å². The average molecular weight is 532 g/mol. The predicted octanol–water partition coefficient (Wildman–Crippen LogP) is 5.64. The Labute approximate surface area is 223 Å². The lowest BCUT2D eigenvalue weighted by Gasteiger charge is -2.18. The number of fused-ring (bicyclic) bond motifs is 1. The molecule has 9 nitrogen and oxygen atoms in total. The summed E-state index contributed by atoms with van der Waals surface area (Å²) in [6.07, 6.45) is 5.02. The number of rotatable bonds is 10. The van der Waals surface area contributed by atoms with Crippen LogP contribution in [0.1, 0.15) is 24.2 Å². The molecule has 0 fully saturated rings. The van der Waals surface area contributed by atoms with Crippen molar-refractivity contribution in [2.24, 2.45) is 0 Å². The molecule has 0 unspecified atom stereocenters. The highest BCUT2D eigenvalue weighted by atomic mass is 28.3. The minimum Gasteiger partial charge on any atom is -0.481 e. The van der Waals surface area contributed by atoms with E-state index < -0.39 is 8.07 Å². The van der Waals surface area contributed by atoms with Crippen molar-refractivity contribution in [3.8, 4) is 28.3 Å². The number of pyridine rings is 3. The third-order valence-corrected chi connectivity index (χ3v) is 7.81. The molecule has 1 amide bonds. The molecule has 4 rings (SSSR count). The lowest BCUT2D eigenvalue weighted by atomic mass is 10.0. The SMILES string of the molecule is COc1ccc(-c2c(-c3ccnc(NC(C)=O)c3)n(COCC[Si](C)(C)C)c3c(C(C)=O)ccnc23)cn1. The van der Waals surface area contributed by atoms with Crippen molar-refractivity contribution >= 4 is 36.6 Å². The standard InChI is InChI=1S/C28H33N5O4Si/c1-18(34)22-10-12-30-26-25(21-7-8-24(36-3)31-16-21)27(20-9-11-29-23(15-20)32-19(2)35)33(28(22)26)17-37-13-14-38(4,5)6/h7-12,15-16H,13-14,17H2,1-6H3,(H,29,32,35). The molecule has 0 bridgehead atoms. The molecule has 0 aliphatic rings. The third-order valence-electron chi connectivity index (χ3n) is 6.11. The number of methoxy groups -OCH3 is 1. The van der Waals surface area contributed by atoms with E-state index in [0.717, 1.165) is 28.4 Å². The zero-order valence-corrected chi connectivity index (χ0v) is 23.7. The Balaban J connectivity index is 2.00. The molecule has 4 aromatic heterocycles. The first kappa shape index (κ1) is 27.1. The molecule has 1 N–H and O–H groups in total. The molecule has 0 saturated heterocycles. The second-order valence-electron chi connectivity index (χ2n) is 10.3. The zero-order chi connectivity index (χ0) is 27.4. The molecular formula is C28H33N5O4Si. The number of hydrogen-bond acceptors (Lipinski definition) is 7. The van der Waals surface area contributed by atoms with Gasteiger partial charge in [0.2, 0.25) is 11.8 Å². The number of carbonyl (C=O) groups excluding carboxylic acids is 2. The van der Waals surface area contributed by atoms with E-state index in [1.165, 1.54) is 6.92 Å². The second kappa shape index (κ2) is 11.2. The van der Waals surface area contributed by atoms with Crippen LogP contribution in [0, 0.1) is 0 Å². The molecular weight excluding hydrogens is 498 g/mol. The Morgan fingerprint density at radius 3 is 2.39 bits per heavy atom. The molecule has 0 aliphatic carbocycles. The summed E-state index contributed by atoms with van der Waals surface area (Å²) in [5.41, 5.74) is 5.07. The highest BCUT2D eigenvalue weighted by Gasteiger charge is 2.25. The lowest BCUT2D eigenvalue weighted by Crippen LogP contribution is -2.22. The van der Waals surface area contributed by atoms with Crippen LogP contribution >= 0.6 is 0 Å². The Bertz CT molecular complexity index is 1480. The predicted molar refractivity (Wildman–Crippen MR) is 151 cm³/mol.